The van der Waals surface area contributed by atoms with Gasteiger partial charge in [-0.05, 0) is 47.2 Å². The second-order valence-corrected chi connectivity index (χ2v) is 8.70. The Labute approximate surface area is 187 Å². The molecule has 2 aromatic heterocycles. The molecule has 6 aromatic rings. The van der Waals surface area contributed by atoms with Crippen molar-refractivity contribution >= 4 is 43.6 Å². The monoisotopic (exact) mass is 412 g/mol. The van der Waals surface area contributed by atoms with E-state index in [0.717, 1.165) is 22.1 Å². The minimum atomic E-state index is 0.294. The molecule has 0 N–H and O–H groups in total. The van der Waals surface area contributed by atoms with Gasteiger partial charge in [-0.1, -0.05) is 86.6 Å². The Morgan fingerprint density at radius 1 is 0.406 bits per heavy atom. The lowest BCUT2D eigenvalue weighted by Crippen LogP contribution is -2.09. The molecule has 2 atom stereocenters. The van der Waals surface area contributed by atoms with Gasteiger partial charge >= 0.3 is 0 Å². The van der Waals surface area contributed by atoms with Crippen LogP contribution in [-0.4, -0.2) is 9.97 Å². The summed E-state index contributed by atoms with van der Waals surface area (Å²) < 4.78 is 0. The maximum atomic E-state index is 4.94. The van der Waals surface area contributed by atoms with Crippen molar-refractivity contribution in [2.45, 2.75) is 25.7 Å². The van der Waals surface area contributed by atoms with Crippen LogP contribution in [0.1, 0.15) is 36.8 Å². The lowest BCUT2D eigenvalue weighted by atomic mass is 9.79. The summed E-state index contributed by atoms with van der Waals surface area (Å²) in [5, 5.41) is 4.97. The van der Waals surface area contributed by atoms with E-state index in [-0.39, 0.29) is 0 Å². The molecule has 6 rings (SSSR count). The van der Waals surface area contributed by atoms with E-state index in [4.69, 9.17) is 9.97 Å². The molecule has 0 aliphatic heterocycles. The highest BCUT2D eigenvalue weighted by Crippen LogP contribution is 2.43. The second kappa shape index (κ2) is 7.42. The van der Waals surface area contributed by atoms with Gasteiger partial charge in [-0.2, -0.15) is 0 Å². The number of nitrogens with zero attached hydrogens (tertiary/aromatic N) is 2. The molecule has 2 unspecified atom stereocenters. The van der Waals surface area contributed by atoms with Crippen LogP contribution in [0.15, 0.2) is 97.1 Å². The van der Waals surface area contributed by atoms with Gasteiger partial charge in [0.1, 0.15) is 0 Å². The van der Waals surface area contributed by atoms with Crippen LogP contribution in [0.2, 0.25) is 0 Å². The highest BCUT2D eigenvalue weighted by atomic mass is 14.7. The minimum Gasteiger partial charge on any atom is -0.248 e. The fourth-order valence-electron chi connectivity index (χ4n) is 5.23. The third-order valence-electron chi connectivity index (χ3n) is 6.92. The van der Waals surface area contributed by atoms with E-state index in [1.807, 2.05) is 0 Å². The first-order valence-electron chi connectivity index (χ1n) is 11.3. The summed E-state index contributed by atoms with van der Waals surface area (Å²) in [5.41, 5.74) is 7.00. The van der Waals surface area contributed by atoms with Gasteiger partial charge in [0, 0.05) is 21.5 Å². The average Bonchev–Trinajstić information content (AvgIpc) is 2.85. The van der Waals surface area contributed by atoms with Gasteiger partial charge in [0.2, 0.25) is 0 Å². The van der Waals surface area contributed by atoms with Crippen molar-refractivity contribution in [2.75, 3.05) is 0 Å². The number of rotatable bonds is 3. The molecule has 0 radical (unpaired) electrons. The predicted molar refractivity (Wildman–Crippen MR) is 135 cm³/mol. The predicted octanol–water partition coefficient (Wildman–Crippen LogP) is 8.00. The molecular weight excluding hydrogens is 388 g/mol. The van der Waals surface area contributed by atoms with E-state index < -0.39 is 0 Å². The smallest absolute Gasteiger partial charge is 0.0712 e. The number of pyridine rings is 2. The first kappa shape index (κ1) is 18.9. The van der Waals surface area contributed by atoms with E-state index in [1.54, 1.807) is 0 Å². The van der Waals surface area contributed by atoms with Crippen LogP contribution in [0.25, 0.3) is 43.6 Å². The minimum absolute atomic E-state index is 0.294. The van der Waals surface area contributed by atoms with Crippen molar-refractivity contribution in [3.8, 4) is 0 Å². The van der Waals surface area contributed by atoms with Crippen LogP contribution < -0.4 is 0 Å². The normalized spacial score (nSPS) is 13.7. The quantitative estimate of drug-likeness (QED) is 0.275. The number of fused-ring (bicyclic) bond motifs is 4. The van der Waals surface area contributed by atoms with E-state index >= 15 is 0 Å². The van der Waals surface area contributed by atoms with Gasteiger partial charge in [-0.15, -0.1) is 0 Å². The molecule has 0 aliphatic carbocycles. The first-order valence-corrected chi connectivity index (χ1v) is 11.3. The molecule has 0 bridgehead atoms. The molecule has 0 fully saturated rings. The SMILES string of the molecule is CC(c1c2ccccc2nc2ccccc12)C(C)c1c2ccccc2nc2ccccc12. The van der Waals surface area contributed by atoms with Crippen LogP contribution in [-0.2, 0) is 0 Å². The summed E-state index contributed by atoms with van der Waals surface area (Å²) >= 11 is 0. The summed E-state index contributed by atoms with van der Waals surface area (Å²) in [7, 11) is 0. The largest absolute Gasteiger partial charge is 0.248 e. The number of aromatic nitrogens is 2. The van der Waals surface area contributed by atoms with Crippen LogP contribution >= 0.6 is 0 Å². The van der Waals surface area contributed by atoms with E-state index in [9.17, 15) is 0 Å². The molecular formula is C30H24N2. The van der Waals surface area contributed by atoms with Gasteiger partial charge in [0.05, 0.1) is 22.1 Å². The number of hydrogen-bond donors (Lipinski definition) is 0. The van der Waals surface area contributed by atoms with E-state index in [0.29, 0.717) is 11.8 Å². The van der Waals surface area contributed by atoms with Gasteiger partial charge in [-0.3, -0.25) is 0 Å². The molecule has 0 saturated heterocycles. The highest BCUT2D eigenvalue weighted by Gasteiger charge is 2.24. The zero-order valence-electron chi connectivity index (χ0n) is 18.3. The van der Waals surface area contributed by atoms with E-state index in [1.165, 1.54) is 32.7 Å². The number of para-hydroxylation sites is 4. The molecule has 0 aliphatic rings. The molecule has 2 nitrogen and oxygen atoms in total. The lowest BCUT2D eigenvalue weighted by Gasteiger charge is -2.26. The molecule has 0 saturated carbocycles. The Morgan fingerprint density at radius 3 is 0.938 bits per heavy atom. The van der Waals surface area contributed by atoms with Crippen molar-refractivity contribution in [3.05, 3.63) is 108 Å². The van der Waals surface area contributed by atoms with Gasteiger partial charge in [-0.25, -0.2) is 9.97 Å². The van der Waals surface area contributed by atoms with Crippen LogP contribution in [0.5, 0.6) is 0 Å². The summed E-state index contributed by atoms with van der Waals surface area (Å²) in [6, 6.07) is 34.2. The third kappa shape index (κ3) is 2.87. The van der Waals surface area contributed by atoms with Crippen molar-refractivity contribution < 1.29 is 0 Å². The van der Waals surface area contributed by atoms with Crippen LogP contribution in [0, 0.1) is 0 Å². The lowest BCUT2D eigenvalue weighted by molar-refractivity contribution is 0.639. The number of hydrogen-bond acceptors (Lipinski definition) is 2. The molecule has 154 valence electrons. The van der Waals surface area contributed by atoms with Gasteiger partial charge in [0.25, 0.3) is 0 Å². The van der Waals surface area contributed by atoms with Crippen molar-refractivity contribution in [3.63, 3.8) is 0 Å². The van der Waals surface area contributed by atoms with Crippen LogP contribution in [0.3, 0.4) is 0 Å². The Hall–Kier alpha value is -3.78. The maximum absolute atomic E-state index is 4.94. The van der Waals surface area contributed by atoms with Crippen molar-refractivity contribution in [2.24, 2.45) is 0 Å². The zero-order valence-corrected chi connectivity index (χ0v) is 18.3. The Morgan fingerprint density at radius 2 is 0.656 bits per heavy atom. The van der Waals surface area contributed by atoms with Crippen LogP contribution in [0.4, 0.5) is 0 Å². The summed E-state index contributed by atoms with van der Waals surface area (Å²) in [6.07, 6.45) is 0. The summed E-state index contributed by atoms with van der Waals surface area (Å²) in [5.74, 6) is 0.587. The average molecular weight is 413 g/mol. The molecule has 32 heavy (non-hydrogen) atoms. The zero-order chi connectivity index (χ0) is 21.7. The topological polar surface area (TPSA) is 25.8 Å². The second-order valence-electron chi connectivity index (χ2n) is 8.70. The highest BCUT2D eigenvalue weighted by molar-refractivity contribution is 6.00. The Bertz CT molecular complexity index is 1390. The molecule has 0 spiro atoms. The molecule has 2 heterocycles. The summed E-state index contributed by atoms with van der Waals surface area (Å²) in [4.78, 5) is 9.89. The Kier molecular flexibility index (Phi) is 4.39. The van der Waals surface area contributed by atoms with Crippen molar-refractivity contribution in [1.82, 2.24) is 9.97 Å². The van der Waals surface area contributed by atoms with Gasteiger partial charge in [0.15, 0.2) is 0 Å². The molecule has 0 amide bonds. The third-order valence-corrected chi connectivity index (χ3v) is 6.92. The fraction of sp³-hybridized carbons (Fsp3) is 0.133. The maximum Gasteiger partial charge on any atom is 0.0712 e. The Balaban J connectivity index is 1.65. The van der Waals surface area contributed by atoms with Gasteiger partial charge < -0.3 is 0 Å². The summed E-state index contributed by atoms with van der Waals surface area (Å²) in [6.45, 7) is 4.73. The number of benzene rings is 4. The molecule has 4 aromatic carbocycles. The molecule has 2 heteroatoms. The van der Waals surface area contributed by atoms with Crippen molar-refractivity contribution in [1.29, 1.82) is 0 Å². The standard InChI is InChI=1S/C30H24N2/c1-19(29-21-11-3-7-15-25(21)31-26-16-8-4-12-22(26)29)20(2)30-23-13-5-9-17-27(23)32-28-18-10-6-14-24(28)30/h3-20H,1-2H3. The van der Waals surface area contributed by atoms with E-state index in [2.05, 4.69) is 111 Å². The fourth-order valence-corrected chi connectivity index (χ4v) is 5.23. The first-order chi connectivity index (χ1) is 15.7.